The van der Waals surface area contributed by atoms with Crippen molar-refractivity contribution in [2.45, 2.75) is 13.3 Å². The van der Waals surface area contributed by atoms with E-state index in [9.17, 15) is 0 Å². The Morgan fingerprint density at radius 3 is 2.25 bits per heavy atom. The molecule has 0 bridgehead atoms. The molecular weight excluding hydrogens is 343 g/mol. The summed E-state index contributed by atoms with van der Waals surface area (Å²) in [6, 6.07) is 15.3. The lowest BCUT2D eigenvalue weighted by atomic mass is 10.1. The van der Waals surface area contributed by atoms with Crippen LogP contribution in [0.1, 0.15) is 13.3 Å². The third-order valence-electron chi connectivity index (χ3n) is 3.65. The summed E-state index contributed by atoms with van der Waals surface area (Å²) in [5, 5.41) is 6.02. The Labute approximate surface area is 151 Å². The maximum absolute atomic E-state index is 6.16. The van der Waals surface area contributed by atoms with E-state index in [1.807, 2.05) is 60.3 Å². The highest BCUT2D eigenvalue weighted by Crippen LogP contribution is 2.39. The maximum Gasteiger partial charge on any atom is 0.173 e. The minimum atomic E-state index is 0.618. The van der Waals surface area contributed by atoms with Gasteiger partial charge in [-0.05, 0) is 30.7 Å². The van der Waals surface area contributed by atoms with E-state index < -0.39 is 0 Å². The van der Waals surface area contributed by atoms with Gasteiger partial charge in [0.1, 0.15) is 11.4 Å². The Kier molecular flexibility index (Phi) is 5.12. The number of rotatable bonds is 5. The van der Waals surface area contributed by atoms with Crippen molar-refractivity contribution in [3.05, 3.63) is 58.6 Å². The molecule has 3 rings (SSSR count). The molecular formula is C19H18Cl2N2O. The highest BCUT2D eigenvalue weighted by atomic mass is 35.5. The molecule has 2 aromatic carbocycles. The van der Waals surface area contributed by atoms with Crippen molar-refractivity contribution >= 4 is 23.2 Å². The summed E-state index contributed by atoms with van der Waals surface area (Å²) in [7, 11) is 1.91. The lowest BCUT2D eigenvalue weighted by Crippen LogP contribution is -1.98. The van der Waals surface area contributed by atoms with Crippen LogP contribution in [0.5, 0.6) is 5.75 Å². The zero-order chi connectivity index (χ0) is 17.1. The van der Waals surface area contributed by atoms with E-state index in [4.69, 9.17) is 27.9 Å². The number of aryl methyl sites for hydroxylation is 1. The molecule has 0 aliphatic carbocycles. The molecule has 3 aromatic rings. The van der Waals surface area contributed by atoms with Crippen LogP contribution in [0.25, 0.3) is 22.5 Å². The van der Waals surface area contributed by atoms with Crippen LogP contribution in [-0.4, -0.2) is 16.4 Å². The van der Waals surface area contributed by atoms with Crippen molar-refractivity contribution in [3.63, 3.8) is 0 Å². The molecule has 0 aliphatic heterocycles. The summed E-state index contributed by atoms with van der Waals surface area (Å²) in [4.78, 5) is 0. The fourth-order valence-electron chi connectivity index (χ4n) is 2.62. The topological polar surface area (TPSA) is 27.1 Å². The maximum atomic E-state index is 6.16. The van der Waals surface area contributed by atoms with E-state index in [-0.39, 0.29) is 0 Å². The highest BCUT2D eigenvalue weighted by Gasteiger charge is 2.21. The quantitative estimate of drug-likeness (QED) is 0.570. The average molecular weight is 361 g/mol. The molecule has 0 saturated carbocycles. The van der Waals surface area contributed by atoms with Crippen LogP contribution < -0.4 is 4.74 Å². The smallest absolute Gasteiger partial charge is 0.173 e. The first-order chi connectivity index (χ1) is 11.6. The molecule has 0 fully saturated rings. The summed E-state index contributed by atoms with van der Waals surface area (Å²) < 4.78 is 7.88. The van der Waals surface area contributed by atoms with Gasteiger partial charge in [-0.15, -0.1) is 0 Å². The van der Waals surface area contributed by atoms with E-state index in [1.165, 1.54) is 0 Å². The summed E-state index contributed by atoms with van der Waals surface area (Å²) in [5.74, 6) is 0.754. The van der Waals surface area contributed by atoms with Gasteiger partial charge in [0.25, 0.3) is 0 Å². The van der Waals surface area contributed by atoms with Crippen LogP contribution in [0.15, 0.2) is 48.5 Å². The molecule has 0 amide bonds. The van der Waals surface area contributed by atoms with Crippen molar-refractivity contribution in [1.29, 1.82) is 0 Å². The third kappa shape index (κ3) is 3.42. The van der Waals surface area contributed by atoms with Gasteiger partial charge < -0.3 is 4.74 Å². The van der Waals surface area contributed by atoms with Crippen LogP contribution in [0.2, 0.25) is 10.0 Å². The van der Waals surface area contributed by atoms with Gasteiger partial charge in [-0.1, -0.05) is 54.4 Å². The van der Waals surface area contributed by atoms with Crippen molar-refractivity contribution in [2.24, 2.45) is 7.05 Å². The Morgan fingerprint density at radius 1 is 1.00 bits per heavy atom. The number of halogens is 2. The van der Waals surface area contributed by atoms with Gasteiger partial charge in [-0.2, -0.15) is 5.10 Å². The number of nitrogens with zero attached hydrogens (tertiary/aromatic N) is 2. The number of benzene rings is 2. The van der Waals surface area contributed by atoms with Gasteiger partial charge in [0.05, 0.1) is 6.61 Å². The van der Waals surface area contributed by atoms with E-state index >= 15 is 0 Å². The molecule has 5 heteroatoms. The van der Waals surface area contributed by atoms with Gasteiger partial charge in [0.15, 0.2) is 5.75 Å². The van der Waals surface area contributed by atoms with Crippen molar-refractivity contribution in [3.8, 4) is 28.3 Å². The molecule has 24 heavy (non-hydrogen) atoms. The summed E-state index contributed by atoms with van der Waals surface area (Å²) >= 11 is 12.3. The number of hydrogen-bond acceptors (Lipinski definition) is 2. The van der Waals surface area contributed by atoms with Crippen molar-refractivity contribution in [1.82, 2.24) is 9.78 Å². The minimum absolute atomic E-state index is 0.618. The standard InChI is InChI=1S/C19H18Cl2N2O/c1-3-10-24-19-17(13-6-4-8-15(20)11-13)22-23(2)18(19)14-7-5-9-16(21)12-14/h4-9,11-12H,3,10H2,1-2H3. The van der Waals surface area contributed by atoms with Crippen molar-refractivity contribution < 1.29 is 4.74 Å². The first-order valence-corrected chi connectivity index (χ1v) is 8.57. The predicted octanol–water partition coefficient (Wildman–Crippen LogP) is 5.85. The molecule has 0 radical (unpaired) electrons. The van der Waals surface area contributed by atoms with Crippen LogP contribution >= 0.6 is 23.2 Å². The first-order valence-electron chi connectivity index (χ1n) is 7.82. The Balaban J connectivity index is 2.18. The second kappa shape index (κ2) is 7.29. The largest absolute Gasteiger partial charge is 0.489 e. The SMILES string of the molecule is CCCOc1c(-c2cccc(Cl)c2)nn(C)c1-c1cccc(Cl)c1. The van der Waals surface area contributed by atoms with Gasteiger partial charge in [0, 0.05) is 28.2 Å². The normalized spacial score (nSPS) is 10.8. The molecule has 1 aromatic heterocycles. The van der Waals surface area contributed by atoms with Crippen LogP contribution in [0, 0.1) is 0 Å². The molecule has 1 heterocycles. The summed E-state index contributed by atoms with van der Waals surface area (Å²) in [6.45, 7) is 2.70. The van der Waals surface area contributed by atoms with Crippen molar-refractivity contribution in [2.75, 3.05) is 6.61 Å². The van der Waals surface area contributed by atoms with Gasteiger partial charge in [-0.3, -0.25) is 4.68 Å². The van der Waals surface area contributed by atoms with Crippen LogP contribution in [0.3, 0.4) is 0 Å². The average Bonchev–Trinajstić information content (AvgIpc) is 2.89. The molecule has 0 N–H and O–H groups in total. The minimum Gasteiger partial charge on any atom is -0.489 e. The second-order valence-corrected chi connectivity index (χ2v) is 6.39. The third-order valence-corrected chi connectivity index (χ3v) is 4.12. The fourth-order valence-corrected chi connectivity index (χ4v) is 3.00. The second-order valence-electron chi connectivity index (χ2n) is 5.52. The molecule has 0 spiro atoms. The van der Waals surface area contributed by atoms with Gasteiger partial charge in [-0.25, -0.2) is 0 Å². The van der Waals surface area contributed by atoms with E-state index in [0.29, 0.717) is 16.7 Å². The zero-order valence-corrected chi connectivity index (χ0v) is 15.1. The first kappa shape index (κ1) is 16.9. The predicted molar refractivity (Wildman–Crippen MR) is 99.9 cm³/mol. The lowest BCUT2D eigenvalue weighted by molar-refractivity contribution is 0.320. The van der Waals surface area contributed by atoms with Gasteiger partial charge in [0.2, 0.25) is 0 Å². The molecule has 0 saturated heterocycles. The summed E-state index contributed by atoms with van der Waals surface area (Å²) in [6.07, 6.45) is 0.916. The number of aromatic nitrogens is 2. The zero-order valence-electron chi connectivity index (χ0n) is 13.6. The fraction of sp³-hybridized carbons (Fsp3) is 0.211. The van der Waals surface area contributed by atoms with Crippen LogP contribution in [0.4, 0.5) is 0 Å². The number of ether oxygens (including phenoxy) is 1. The lowest BCUT2D eigenvalue weighted by Gasteiger charge is -2.09. The van der Waals surface area contributed by atoms with Crippen LogP contribution in [-0.2, 0) is 7.05 Å². The molecule has 0 aliphatic rings. The Morgan fingerprint density at radius 2 is 1.62 bits per heavy atom. The molecule has 124 valence electrons. The number of hydrogen-bond donors (Lipinski definition) is 0. The highest BCUT2D eigenvalue weighted by molar-refractivity contribution is 6.31. The molecule has 3 nitrogen and oxygen atoms in total. The van der Waals surface area contributed by atoms with E-state index in [2.05, 4.69) is 12.0 Å². The van der Waals surface area contributed by atoms with Gasteiger partial charge >= 0.3 is 0 Å². The Hall–Kier alpha value is -1.97. The Bertz CT molecular complexity index is 858. The summed E-state index contributed by atoms with van der Waals surface area (Å²) in [5.41, 5.74) is 3.58. The monoisotopic (exact) mass is 360 g/mol. The molecule has 0 atom stereocenters. The molecule has 0 unspecified atom stereocenters. The van der Waals surface area contributed by atoms with E-state index in [1.54, 1.807) is 0 Å². The van der Waals surface area contributed by atoms with E-state index in [0.717, 1.165) is 34.7 Å².